The van der Waals surface area contributed by atoms with Gasteiger partial charge in [0.1, 0.15) is 11.5 Å². The third kappa shape index (κ3) is 2.72. The van der Waals surface area contributed by atoms with Gasteiger partial charge in [-0.3, -0.25) is 4.79 Å². The molecule has 7 nitrogen and oxygen atoms in total. The zero-order chi connectivity index (χ0) is 15.8. The number of allylic oxidation sites excluding steroid dienone is 2. The topological polar surface area (TPSA) is 124 Å². The third-order valence-electron chi connectivity index (χ3n) is 4.02. The molecule has 21 heavy (non-hydrogen) atoms. The Bertz CT molecular complexity index is 521. The van der Waals surface area contributed by atoms with Crippen LogP contribution in [0.5, 0.6) is 0 Å². The molecule has 0 bridgehead atoms. The molecule has 1 fully saturated rings. The third-order valence-corrected chi connectivity index (χ3v) is 4.02. The first-order chi connectivity index (χ1) is 9.80. The van der Waals surface area contributed by atoms with Crippen molar-refractivity contribution in [2.45, 2.75) is 38.1 Å². The van der Waals surface area contributed by atoms with Crippen molar-refractivity contribution in [1.82, 2.24) is 0 Å². The first kappa shape index (κ1) is 15.7. The van der Waals surface area contributed by atoms with E-state index in [2.05, 4.69) is 0 Å². The molecule has 0 spiro atoms. The van der Waals surface area contributed by atoms with E-state index < -0.39 is 42.3 Å². The Labute approximate surface area is 121 Å². The van der Waals surface area contributed by atoms with Gasteiger partial charge in [0.15, 0.2) is 0 Å². The van der Waals surface area contributed by atoms with Crippen molar-refractivity contribution in [1.29, 1.82) is 0 Å². The zero-order valence-electron chi connectivity index (χ0n) is 11.5. The number of hydrogen-bond acceptors (Lipinski definition) is 5. The molecule has 1 aliphatic carbocycles. The van der Waals surface area contributed by atoms with Crippen molar-refractivity contribution in [2.24, 2.45) is 5.41 Å². The van der Waals surface area contributed by atoms with Crippen LogP contribution in [0.4, 0.5) is 0 Å². The molecule has 1 aliphatic heterocycles. The summed E-state index contributed by atoms with van der Waals surface area (Å²) in [6, 6.07) is 0. The largest absolute Gasteiger partial charge is 0.481 e. The van der Waals surface area contributed by atoms with Crippen LogP contribution in [-0.4, -0.2) is 57.3 Å². The standard InChI is InChI=1S/C14H18O7/c1-7-2-8(12(17)18)5-14(4-7,13(19)20)11-3-9(16)10(6-15)21-11/h2,4,9-11,15-16H,3,5-6H2,1H3,(H,17,18)(H,19,20)/t9-,10+,11+,14?/m1/s1. The summed E-state index contributed by atoms with van der Waals surface area (Å²) < 4.78 is 5.46. The number of ether oxygens (including phenoxy) is 1. The number of hydrogen-bond donors (Lipinski definition) is 4. The molecule has 1 unspecified atom stereocenters. The van der Waals surface area contributed by atoms with Crippen LogP contribution in [0, 0.1) is 5.41 Å². The SMILES string of the molecule is CC1=CC(C(=O)O)([C@@H]2C[C@@H](O)[C@H](CO)O2)CC(C(=O)O)=C1. The highest BCUT2D eigenvalue weighted by molar-refractivity contribution is 5.91. The average Bonchev–Trinajstić information content (AvgIpc) is 2.79. The Kier molecular flexibility index (Phi) is 4.18. The van der Waals surface area contributed by atoms with E-state index in [4.69, 9.17) is 14.9 Å². The van der Waals surface area contributed by atoms with Gasteiger partial charge in [0.25, 0.3) is 0 Å². The van der Waals surface area contributed by atoms with E-state index in [1.165, 1.54) is 12.2 Å². The Morgan fingerprint density at radius 1 is 1.43 bits per heavy atom. The minimum absolute atomic E-state index is 0.0112. The van der Waals surface area contributed by atoms with Crippen molar-refractivity contribution < 1.29 is 34.8 Å². The van der Waals surface area contributed by atoms with Gasteiger partial charge >= 0.3 is 11.9 Å². The predicted molar refractivity (Wildman–Crippen MR) is 70.5 cm³/mol. The lowest BCUT2D eigenvalue weighted by molar-refractivity contribution is -0.155. The number of aliphatic carboxylic acids is 2. The zero-order valence-corrected chi connectivity index (χ0v) is 11.5. The van der Waals surface area contributed by atoms with E-state index in [-0.39, 0.29) is 18.4 Å². The van der Waals surface area contributed by atoms with E-state index in [1.54, 1.807) is 6.92 Å². The van der Waals surface area contributed by atoms with E-state index in [1.807, 2.05) is 0 Å². The second kappa shape index (κ2) is 5.59. The van der Waals surface area contributed by atoms with E-state index in [0.717, 1.165) is 0 Å². The van der Waals surface area contributed by atoms with Crippen LogP contribution >= 0.6 is 0 Å². The summed E-state index contributed by atoms with van der Waals surface area (Å²) in [7, 11) is 0. The Morgan fingerprint density at radius 2 is 2.10 bits per heavy atom. The Balaban J connectivity index is 2.38. The summed E-state index contributed by atoms with van der Waals surface area (Å²) in [5.41, 5.74) is -1.04. The van der Waals surface area contributed by atoms with Gasteiger partial charge in [-0.25, -0.2) is 4.79 Å². The molecule has 7 heteroatoms. The van der Waals surface area contributed by atoms with Crippen LogP contribution < -0.4 is 0 Å². The van der Waals surface area contributed by atoms with Crippen LogP contribution in [0.15, 0.2) is 23.3 Å². The van der Waals surface area contributed by atoms with Crippen LogP contribution in [0.25, 0.3) is 0 Å². The molecule has 2 aliphatic rings. The number of carboxylic acids is 2. The average molecular weight is 298 g/mol. The fraction of sp³-hybridized carbons (Fsp3) is 0.571. The highest BCUT2D eigenvalue weighted by Crippen LogP contribution is 2.44. The summed E-state index contributed by atoms with van der Waals surface area (Å²) >= 11 is 0. The maximum absolute atomic E-state index is 11.8. The maximum atomic E-state index is 11.8. The van der Waals surface area contributed by atoms with Gasteiger partial charge in [0.2, 0.25) is 0 Å². The number of aliphatic hydroxyl groups is 2. The maximum Gasteiger partial charge on any atom is 0.331 e. The molecule has 0 aromatic rings. The molecule has 4 N–H and O–H groups in total. The minimum atomic E-state index is -1.54. The molecule has 2 rings (SSSR count). The normalized spacial score (nSPS) is 36.0. The monoisotopic (exact) mass is 298 g/mol. The molecule has 0 radical (unpaired) electrons. The lowest BCUT2D eigenvalue weighted by Crippen LogP contribution is -2.43. The van der Waals surface area contributed by atoms with Crippen LogP contribution in [0.2, 0.25) is 0 Å². The molecule has 4 atom stereocenters. The van der Waals surface area contributed by atoms with Crippen molar-refractivity contribution in [3.63, 3.8) is 0 Å². The molecule has 0 saturated carbocycles. The lowest BCUT2D eigenvalue weighted by atomic mass is 9.71. The van der Waals surface area contributed by atoms with Crippen LogP contribution in [0.1, 0.15) is 19.8 Å². The van der Waals surface area contributed by atoms with Gasteiger partial charge in [0.05, 0.1) is 18.8 Å². The minimum Gasteiger partial charge on any atom is -0.481 e. The fourth-order valence-electron chi connectivity index (χ4n) is 2.98. The second-order valence-electron chi connectivity index (χ2n) is 5.53. The number of carbonyl (C=O) groups is 2. The van der Waals surface area contributed by atoms with Gasteiger partial charge in [-0.05, 0) is 13.0 Å². The predicted octanol–water partition coefficient (Wildman–Crippen LogP) is -0.0709. The molecule has 0 aromatic heterocycles. The lowest BCUT2D eigenvalue weighted by Gasteiger charge is -2.34. The van der Waals surface area contributed by atoms with Crippen molar-refractivity contribution in [3.8, 4) is 0 Å². The van der Waals surface area contributed by atoms with E-state index in [0.29, 0.717) is 5.57 Å². The van der Waals surface area contributed by atoms with Crippen molar-refractivity contribution in [3.05, 3.63) is 23.3 Å². The van der Waals surface area contributed by atoms with Crippen LogP contribution in [0.3, 0.4) is 0 Å². The van der Waals surface area contributed by atoms with Gasteiger partial charge in [0, 0.05) is 18.4 Å². The molecular weight excluding hydrogens is 280 g/mol. The first-order valence-electron chi connectivity index (χ1n) is 6.61. The van der Waals surface area contributed by atoms with Crippen molar-refractivity contribution >= 4 is 11.9 Å². The fourth-order valence-corrected chi connectivity index (χ4v) is 2.98. The number of aliphatic hydroxyl groups excluding tert-OH is 2. The molecule has 0 amide bonds. The quantitative estimate of drug-likeness (QED) is 0.572. The summed E-state index contributed by atoms with van der Waals surface area (Å²) in [5.74, 6) is -2.38. The number of rotatable bonds is 4. The highest BCUT2D eigenvalue weighted by atomic mass is 16.5. The first-order valence-corrected chi connectivity index (χ1v) is 6.61. The summed E-state index contributed by atoms with van der Waals surface area (Å²) in [4.78, 5) is 23.0. The summed E-state index contributed by atoms with van der Waals surface area (Å²) in [6.07, 6.45) is 0.0131. The molecule has 1 saturated heterocycles. The van der Waals surface area contributed by atoms with Gasteiger partial charge in [-0.2, -0.15) is 0 Å². The second-order valence-corrected chi connectivity index (χ2v) is 5.53. The van der Waals surface area contributed by atoms with Crippen LogP contribution in [-0.2, 0) is 14.3 Å². The molecular formula is C14H18O7. The summed E-state index contributed by atoms with van der Waals surface area (Å²) in [6.45, 7) is 1.20. The number of carboxylic acid groups (broad SMARTS) is 2. The Morgan fingerprint density at radius 3 is 2.57 bits per heavy atom. The van der Waals surface area contributed by atoms with Crippen molar-refractivity contribution in [2.75, 3.05) is 6.61 Å². The molecule has 1 heterocycles. The highest BCUT2D eigenvalue weighted by Gasteiger charge is 2.52. The van der Waals surface area contributed by atoms with Gasteiger partial charge < -0.3 is 25.2 Å². The van der Waals surface area contributed by atoms with E-state index >= 15 is 0 Å². The van der Waals surface area contributed by atoms with E-state index in [9.17, 15) is 19.8 Å². The smallest absolute Gasteiger partial charge is 0.331 e. The summed E-state index contributed by atoms with van der Waals surface area (Å²) in [5, 5.41) is 37.7. The molecule has 116 valence electrons. The Hall–Kier alpha value is -1.70. The van der Waals surface area contributed by atoms with Gasteiger partial charge in [-0.1, -0.05) is 11.6 Å². The van der Waals surface area contributed by atoms with Gasteiger partial charge in [-0.15, -0.1) is 0 Å². The molecule has 0 aromatic carbocycles.